The maximum absolute atomic E-state index is 12.7. The molecule has 0 aromatic rings. The number of aliphatic hydroxyl groups is 1. The summed E-state index contributed by atoms with van der Waals surface area (Å²) in [4.78, 5) is 35.8. The van der Waals surface area contributed by atoms with Gasteiger partial charge >= 0.3 is 11.9 Å². The molecule has 0 unspecified atom stereocenters. The van der Waals surface area contributed by atoms with Gasteiger partial charge in [0.15, 0.2) is 0 Å². The third-order valence-corrected chi connectivity index (χ3v) is 5.90. The van der Waals surface area contributed by atoms with Crippen LogP contribution in [0.2, 0.25) is 0 Å². The Morgan fingerprint density at radius 2 is 1.81 bits per heavy atom. The number of ketones is 1. The average Bonchev–Trinajstić information content (AvgIpc) is 2.96. The Morgan fingerprint density at radius 1 is 1.13 bits per heavy atom. The van der Waals surface area contributed by atoms with Crippen LogP contribution in [0, 0.1) is 17.3 Å². The Balaban J connectivity index is 2.75. The molecule has 0 bridgehead atoms. The minimum absolute atomic E-state index is 0.104. The normalized spacial score (nSPS) is 22.7. The first-order valence-corrected chi connectivity index (χ1v) is 11.9. The van der Waals surface area contributed by atoms with Crippen molar-refractivity contribution in [3.63, 3.8) is 0 Å². The third-order valence-electron chi connectivity index (χ3n) is 5.90. The van der Waals surface area contributed by atoms with E-state index in [-0.39, 0.29) is 36.4 Å². The molecule has 1 fully saturated rings. The Morgan fingerprint density at radius 3 is 2.42 bits per heavy atom. The molecule has 1 rings (SSSR count). The van der Waals surface area contributed by atoms with E-state index in [2.05, 4.69) is 6.92 Å². The molecule has 0 aliphatic heterocycles. The molecule has 1 aliphatic rings. The summed E-state index contributed by atoms with van der Waals surface area (Å²) < 4.78 is 5.73. The highest BCUT2D eigenvalue weighted by Gasteiger charge is 2.43. The van der Waals surface area contributed by atoms with Crippen LogP contribution in [-0.4, -0.2) is 40.1 Å². The van der Waals surface area contributed by atoms with Crippen LogP contribution in [0.4, 0.5) is 0 Å². The highest BCUT2D eigenvalue weighted by Crippen LogP contribution is 2.37. The fraction of sp³-hybridized carbons (Fsp3) is 0.800. The second-order valence-electron chi connectivity index (χ2n) is 9.84. The number of Topliss-reactive ketones (excluding diaryl/α,β-unsaturated/α-hetero) is 1. The summed E-state index contributed by atoms with van der Waals surface area (Å²) in [5.74, 6) is -1.44. The molecule has 0 amide bonds. The molecule has 0 spiro atoms. The van der Waals surface area contributed by atoms with Crippen molar-refractivity contribution in [1.82, 2.24) is 0 Å². The molecule has 6 heteroatoms. The number of hydrogen-bond acceptors (Lipinski definition) is 5. The molecule has 0 saturated heterocycles. The molecule has 2 N–H and O–H groups in total. The monoisotopic (exact) mass is 438 g/mol. The second kappa shape index (κ2) is 13.7. The van der Waals surface area contributed by atoms with Crippen LogP contribution < -0.4 is 0 Å². The summed E-state index contributed by atoms with van der Waals surface area (Å²) in [6.45, 7) is 7.50. The number of ether oxygens (including phenoxy) is 1. The number of unbranched alkanes of at least 4 members (excludes halogenated alkanes) is 5. The summed E-state index contributed by atoms with van der Waals surface area (Å²) in [7, 11) is 0. The Kier molecular flexibility index (Phi) is 12.1. The van der Waals surface area contributed by atoms with Gasteiger partial charge in [-0.15, -0.1) is 0 Å². The van der Waals surface area contributed by atoms with Crippen molar-refractivity contribution in [2.75, 3.05) is 0 Å². The van der Waals surface area contributed by atoms with Gasteiger partial charge in [-0.3, -0.25) is 14.4 Å². The van der Waals surface area contributed by atoms with Crippen molar-refractivity contribution in [3.8, 4) is 0 Å². The van der Waals surface area contributed by atoms with E-state index in [1.807, 2.05) is 6.08 Å². The van der Waals surface area contributed by atoms with Crippen LogP contribution in [0.3, 0.4) is 0 Å². The van der Waals surface area contributed by atoms with Gasteiger partial charge < -0.3 is 14.9 Å². The molecule has 178 valence electrons. The zero-order chi connectivity index (χ0) is 23.4. The van der Waals surface area contributed by atoms with Gasteiger partial charge in [-0.2, -0.15) is 0 Å². The van der Waals surface area contributed by atoms with E-state index in [1.54, 1.807) is 26.8 Å². The zero-order valence-electron chi connectivity index (χ0n) is 19.8. The molecule has 1 aliphatic carbocycles. The summed E-state index contributed by atoms with van der Waals surface area (Å²) in [5, 5.41) is 19.0. The predicted octanol–water partition coefficient (Wildman–Crippen LogP) is 5.07. The largest absolute Gasteiger partial charge is 0.481 e. The molecule has 0 aromatic heterocycles. The van der Waals surface area contributed by atoms with E-state index in [1.165, 1.54) is 0 Å². The fourth-order valence-corrected chi connectivity index (χ4v) is 3.96. The molecule has 0 heterocycles. The number of rotatable bonds is 14. The quantitative estimate of drug-likeness (QED) is 0.223. The van der Waals surface area contributed by atoms with Gasteiger partial charge in [0.25, 0.3) is 0 Å². The van der Waals surface area contributed by atoms with Gasteiger partial charge in [0, 0.05) is 24.7 Å². The van der Waals surface area contributed by atoms with Gasteiger partial charge in [-0.05, 0) is 40.0 Å². The SMILES string of the molecule is CCCCC[C@H](O)/C=C/[C@H]1[C@H](OC(=O)C(C)(C)C)CC(=O)[C@@H]1CCCCCCC(=O)O. The lowest BCUT2D eigenvalue weighted by molar-refractivity contribution is -0.159. The van der Waals surface area contributed by atoms with E-state index in [0.29, 0.717) is 19.3 Å². The van der Waals surface area contributed by atoms with Gasteiger partial charge in [0.1, 0.15) is 11.9 Å². The van der Waals surface area contributed by atoms with Gasteiger partial charge in [0.2, 0.25) is 0 Å². The van der Waals surface area contributed by atoms with E-state index >= 15 is 0 Å². The second-order valence-corrected chi connectivity index (χ2v) is 9.84. The molecular formula is C25H42O6. The number of aliphatic hydroxyl groups excluding tert-OH is 1. The maximum atomic E-state index is 12.7. The van der Waals surface area contributed by atoms with Crippen LogP contribution in [0.1, 0.15) is 98.3 Å². The molecule has 6 nitrogen and oxygen atoms in total. The van der Waals surface area contributed by atoms with Crippen molar-refractivity contribution < 1.29 is 29.3 Å². The lowest BCUT2D eigenvalue weighted by Gasteiger charge is -2.25. The Hall–Kier alpha value is -1.69. The Labute approximate surface area is 187 Å². The number of carboxylic acids is 1. The van der Waals surface area contributed by atoms with Crippen LogP contribution in [-0.2, 0) is 19.1 Å². The molecule has 1 saturated carbocycles. The van der Waals surface area contributed by atoms with Crippen molar-refractivity contribution >= 4 is 17.7 Å². The van der Waals surface area contributed by atoms with Crippen LogP contribution in [0.15, 0.2) is 12.2 Å². The van der Waals surface area contributed by atoms with Crippen molar-refractivity contribution in [3.05, 3.63) is 12.2 Å². The maximum Gasteiger partial charge on any atom is 0.311 e. The number of hydrogen-bond donors (Lipinski definition) is 2. The zero-order valence-corrected chi connectivity index (χ0v) is 19.8. The van der Waals surface area contributed by atoms with Crippen molar-refractivity contribution in [2.45, 2.75) is 111 Å². The molecule has 0 radical (unpaired) electrons. The van der Waals surface area contributed by atoms with E-state index in [0.717, 1.165) is 38.5 Å². The van der Waals surface area contributed by atoms with Gasteiger partial charge in [-0.1, -0.05) is 57.6 Å². The fourth-order valence-electron chi connectivity index (χ4n) is 3.96. The minimum atomic E-state index is -0.780. The number of aliphatic carboxylic acids is 1. The lowest BCUT2D eigenvalue weighted by atomic mass is 9.88. The highest BCUT2D eigenvalue weighted by atomic mass is 16.5. The van der Waals surface area contributed by atoms with E-state index in [4.69, 9.17) is 9.84 Å². The van der Waals surface area contributed by atoms with Gasteiger partial charge in [-0.25, -0.2) is 0 Å². The summed E-state index contributed by atoms with van der Waals surface area (Å²) in [6, 6.07) is 0. The average molecular weight is 439 g/mol. The first kappa shape index (κ1) is 27.3. The topological polar surface area (TPSA) is 101 Å². The number of esters is 1. The first-order valence-electron chi connectivity index (χ1n) is 11.9. The smallest absolute Gasteiger partial charge is 0.311 e. The summed E-state index contributed by atoms with van der Waals surface area (Å²) in [5.41, 5.74) is -0.640. The summed E-state index contributed by atoms with van der Waals surface area (Å²) >= 11 is 0. The van der Waals surface area contributed by atoms with E-state index < -0.39 is 23.6 Å². The first-order chi connectivity index (χ1) is 14.6. The number of carbonyl (C=O) groups is 3. The Bertz CT molecular complexity index is 604. The van der Waals surface area contributed by atoms with Crippen LogP contribution in [0.25, 0.3) is 0 Å². The van der Waals surface area contributed by atoms with Crippen molar-refractivity contribution in [2.24, 2.45) is 17.3 Å². The van der Waals surface area contributed by atoms with Crippen molar-refractivity contribution in [1.29, 1.82) is 0 Å². The highest BCUT2D eigenvalue weighted by molar-refractivity contribution is 5.85. The lowest BCUT2D eigenvalue weighted by Crippen LogP contribution is -2.31. The van der Waals surface area contributed by atoms with E-state index in [9.17, 15) is 19.5 Å². The summed E-state index contributed by atoms with van der Waals surface area (Å²) in [6.07, 6.45) is 10.7. The third kappa shape index (κ3) is 10.4. The number of carbonyl (C=O) groups excluding carboxylic acids is 2. The predicted molar refractivity (Wildman–Crippen MR) is 121 cm³/mol. The van der Waals surface area contributed by atoms with Gasteiger partial charge in [0.05, 0.1) is 11.5 Å². The standard InChI is InChI=1S/C25H42O6/c1-5-6-9-12-18(26)15-16-20-19(13-10-7-8-11-14-23(28)29)21(27)17-22(20)31-24(30)25(2,3)4/h15-16,18-20,22,26H,5-14,17H2,1-4H3,(H,28,29)/b16-15+/t18-,19+,20+,22+/m0/s1. The van der Waals surface area contributed by atoms with Crippen LogP contribution in [0.5, 0.6) is 0 Å². The number of carboxylic acid groups (broad SMARTS) is 1. The molecule has 0 aromatic carbocycles. The molecular weight excluding hydrogens is 396 g/mol. The molecule has 31 heavy (non-hydrogen) atoms. The molecule has 4 atom stereocenters. The van der Waals surface area contributed by atoms with Crippen LogP contribution >= 0.6 is 0 Å². The minimum Gasteiger partial charge on any atom is -0.481 e.